The van der Waals surface area contributed by atoms with Crippen molar-refractivity contribution < 1.29 is 18.4 Å². The summed E-state index contributed by atoms with van der Waals surface area (Å²) in [5.74, 6) is -1.75. The topological polar surface area (TPSA) is 58.2 Å². The quantitative estimate of drug-likeness (QED) is 0.728. The van der Waals surface area contributed by atoms with Crippen LogP contribution in [-0.4, -0.2) is 11.8 Å². The molecule has 0 heterocycles. The Balaban J connectivity index is 1.67. The van der Waals surface area contributed by atoms with Crippen LogP contribution in [0.25, 0.3) is 0 Å². The highest BCUT2D eigenvalue weighted by Gasteiger charge is 2.10. The van der Waals surface area contributed by atoms with E-state index in [-0.39, 0.29) is 0 Å². The van der Waals surface area contributed by atoms with Crippen LogP contribution in [0.15, 0.2) is 72.8 Å². The van der Waals surface area contributed by atoms with Gasteiger partial charge in [-0.2, -0.15) is 0 Å². The second-order valence-electron chi connectivity index (χ2n) is 5.51. The summed E-state index contributed by atoms with van der Waals surface area (Å²) in [6.45, 7) is 0. The number of hydrogen-bond acceptors (Lipinski definition) is 2. The van der Waals surface area contributed by atoms with Gasteiger partial charge in [-0.25, -0.2) is 8.78 Å². The predicted octanol–water partition coefficient (Wildman–Crippen LogP) is 4.47. The number of benzene rings is 3. The molecule has 3 aromatic rings. The molecule has 0 aliphatic heterocycles. The van der Waals surface area contributed by atoms with Gasteiger partial charge in [-0.05, 0) is 60.7 Å². The Morgan fingerprint density at radius 2 is 1.00 bits per heavy atom. The molecule has 4 nitrogen and oxygen atoms in total. The van der Waals surface area contributed by atoms with Gasteiger partial charge in [-0.3, -0.25) is 9.59 Å². The fraction of sp³-hybridized carbons (Fsp3) is 0. The Morgan fingerprint density at radius 3 is 1.35 bits per heavy atom. The summed E-state index contributed by atoms with van der Waals surface area (Å²) < 4.78 is 26.3. The molecule has 2 N–H and O–H groups in total. The Morgan fingerprint density at radius 1 is 0.615 bits per heavy atom. The molecule has 0 saturated carbocycles. The summed E-state index contributed by atoms with van der Waals surface area (Å²) >= 11 is 0. The number of hydrogen-bond donors (Lipinski definition) is 2. The Bertz CT molecular complexity index is 878. The van der Waals surface area contributed by atoms with Gasteiger partial charge in [0.2, 0.25) is 0 Å². The number of halogens is 2. The number of carbonyl (C=O) groups excluding carboxylic acids is 2. The number of nitrogens with one attached hydrogen (secondary N) is 2. The minimum absolute atomic E-state index is 0.316. The summed E-state index contributed by atoms with van der Waals surface area (Å²) in [4.78, 5) is 24.3. The largest absolute Gasteiger partial charge is 0.322 e. The third-order valence-corrected chi connectivity index (χ3v) is 3.57. The summed E-state index contributed by atoms with van der Waals surface area (Å²) in [5, 5.41) is 5.15. The van der Waals surface area contributed by atoms with E-state index in [0.29, 0.717) is 22.5 Å². The Labute approximate surface area is 148 Å². The summed E-state index contributed by atoms with van der Waals surface area (Å²) in [5.41, 5.74) is 1.30. The monoisotopic (exact) mass is 352 g/mol. The van der Waals surface area contributed by atoms with E-state index in [0.717, 1.165) is 0 Å². The maximum absolute atomic E-state index is 13.1. The van der Waals surface area contributed by atoms with Crippen LogP contribution in [0.1, 0.15) is 20.7 Å². The van der Waals surface area contributed by atoms with Crippen molar-refractivity contribution in [2.24, 2.45) is 0 Å². The van der Waals surface area contributed by atoms with Gasteiger partial charge in [0.05, 0.1) is 0 Å². The fourth-order valence-electron chi connectivity index (χ4n) is 2.31. The molecule has 26 heavy (non-hydrogen) atoms. The van der Waals surface area contributed by atoms with Crippen molar-refractivity contribution in [3.05, 3.63) is 95.6 Å². The second-order valence-corrected chi connectivity index (χ2v) is 5.51. The molecule has 0 atom stereocenters. The van der Waals surface area contributed by atoms with Crippen molar-refractivity contribution in [2.75, 3.05) is 10.6 Å². The molecule has 0 aromatic heterocycles. The normalized spacial score (nSPS) is 10.2. The van der Waals surface area contributed by atoms with E-state index in [2.05, 4.69) is 10.6 Å². The zero-order chi connectivity index (χ0) is 18.5. The van der Waals surface area contributed by atoms with Gasteiger partial charge in [0.15, 0.2) is 0 Å². The number of amides is 2. The first-order valence-corrected chi connectivity index (χ1v) is 7.75. The summed E-state index contributed by atoms with van der Waals surface area (Å²) in [7, 11) is 0. The maximum Gasteiger partial charge on any atom is 0.255 e. The van der Waals surface area contributed by atoms with Crippen LogP contribution < -0.4 is 10.6 Å². The van der Waals surface area contributed by atoms with E-state index in [1.807, 2.05) is 0 Å². The molecule has 130 valence electrons. The minimum atomic E-state index is -0.452. The van der Waals surface area contributed by atoms with Crippen molar-refractivity contribution in [1.29, 1.82) is 0 Å². The van der Waals surface area contributed by atoms with Gasteiger partial charge >= 0.3 is 0 Å². The first-order chi connectivity index (χ1) is 12.5. The molecule has 0 fully saturated rings. The van der Waals surface area contributed by atoms with Crippen LogP contribution in [0.2, 0.25) is 0 Å². The second kappa shape index (κ2) is 7.57. The molecule has 0 aliphatic rings. The molecule has 6 heteroatoms. The van der Waals surface area contributed by atoms with Gasteiger partial charge in [0.25, 0.3) is 11.8 Å². The maximum atomic E-state index is 13.1. The van der Waals surface area contributed by atoms with Crippen molar-refractivity contribution >= 4 is 23.2 Å². The number of carbonyl (C=O) groups is 2. The zero-order valence-corrected chi connectivity index (χ0v) is 13.5. The first-order valence-electron chi connectivity index (χ1n) is 7.75. The molecule has 0 radical (unpaired) electrons. The highest BCUT2D eigenvalue weighted by molar-refractivity contribution is 6.07. The van der Waals surface area contributed by atoms with Gasteiger partial charge in [-0.1, -0.05) is 12.1 Å². The van der Waals surface area contributed by atoms with Crippen LogP contribution >= 0.6 is 0 Å². The lowest BCUT2D eigenvalue weighted by Crippen LogP contribution is -2.14. The lowest BCUT2D eigenvalue weighted by Gasteiger charge is -2.07. The predicted molar refractivity (Wildman–Crippen MR) is 95.1 cm³/mol. The van der Waals surface area contributed by atoms with Crippen molar-refractivity contribution in [3.63, 3.8) is 0 Å². The standard InChI is InChI=1S/C20H14F2N2O2/c21-15-3-1-5-17(11-15)23-19(25)13-7-9-14(10-8-13)20(26)24-18-6-2-4-16(22)12-18/h1-12H,(H,23,25)(H,24,26). The highest BCUT2D eigenvalue weighted by Crippen LogP contribution is 2.14. The Hall–Kier alpha value is -3.54. The van der Waals surface area contributed by atoms with Crippen LogP contribution in [0.3, 0.4) is 0 Å². The summed E-state index contributed by atoms with van der Waals surface area (Å²) in [6.07, 6.45) is 0. The van der Waals surface area contributed by atoms with E-state index in [1.165, 1.54) is 60.7 Å². The first kappa shape index (κ1) is 17.3. The number of rotatable bonds is 4. The van der Waals surface area contributed by atoms with E-state index >= 15 is 0 Å². The molecule has 0 bridgehead atoms. The Kier molecular flexibility index (Phi) is 5.03. The van der Waals surface area contributed by atoms with E-state index < -0.39 is 23.4 Å². The SMILES string of the molecule is O=C(Nc1cccc(F)c1)c1ccc(C(=O)Nc2cccc(F)c2)cc1. The molecule has 0 unspecified atom stereocenters. The smallest absolute Gasteiger partial charge is 0.255 e. The van der Waals surface area contributed by atoms with Crippen LogP contribution in [-0.2, 0) is 0 Å². The molecule has 2 amide bonds. The third kappa shape index (κ3) is 4.30. The van der Waals surface area contributed by atoms with Crippen LogP contribution in [0, 0.1) is 11.6 Å². The van der Waals surface area contributed by atoms with Crippen molar-refractivity contribution in [2.45, 2.75) is 0 Å². The molecular weight excluding hydrogens is 338 g/mol. The lowest BCUT2D eigenvalue weighted by molar-refractivity contribution is 0.101. The van der Waals surface area contributed by atoms with E-state index in [1.54, 1.807) is 12.1 Å². The van der Waals surface area contributed by atoms with E-state index in [9.17, 15) is 18.4 Å². The molecular formula is C20H14F2N2O2. The molecule has 0 saturated heterocycles. The van der Waals surface area contributed by atoms with E-state index in [4.69, 9.17) is 0 Å². The van der Waals surface area contributed by atoms with Crippen LogP contribution in [0.5, 0.6) is 0 Å². The molecule has 0 aliphatic carbocycles. The third-order valence-electron chi connectivity index (χ3n) is 3.57. The average molecular weight is 352 g/mol. The highest BCUT2D eigenvalue weighted by atomic mass is 19.1. The number of anilines is 2. The van der Waals surface area contributed by atoms with Crippen molar-refractivity contribution in [3.8, 4) is 0 Å². The van der Waals surface area contributed by atoms with Crippen molar-refractivity contribution in [1.82, 2.24) is 0 Å². The van der Waals surface area contributed by atoms with Gasteiger partial charge in [0.1, 0.15) is 11.6 Å². The molecule has 0 spiro atoms. The fourth-order valence-corrected chi connectivity index (χ4v) is 2.31. The van der Waals surface area contributed by atoms with Gasteiger partial charge in [0, 0.05) is 22.5 Å². The molecule has 3 rings (SSSR count). The lowest BCUT2D eigenvalue weighted by atomic mass is 10.1. The van der Waals surface area contributed by atoms with Crippen LogP contribution in [0.4, 0.5) is 20.2 Å². The zero-order valence-electron chi connectivity index (χ0n) is 13.5. The average Bonchev–Trinajstić information content (AvgIpc) is 2.62. The van der Waals surface area contributed by atoms with Gasteiger partial charge < -0.3 is 10.6 Å². The molecule has 3 aromatic carbocycles. The summed E-state index contributed by atoms with van der Waals surface area (Å²) in [6, 6.07) is 17.0. The van der Waals surface area contributed by atoms with Gasteiger partial charge in [-0.15, -0.1) is 0 Å². The minimum Gasteiger partial charge on any atom is -0.322 e.